The van der Waals surface area contributed by atoms with Gasteiger partial charge in [0.2, 0.25) is 0 Å². The van der Waals surface area contributed by atoms with Gasteiger partial charge in [-0.3, -0.25) is 0 Å². The van der Waals surface area contributed by atoms with Crippen molar-refractivity contribution in [1.82, 2.24) is 4.57 Å². The van der Waals surface area contributed by atoms with Crippen molar-refractivity contribution < 1.29 is 14.3 Å². The smallest absolute Gasteiger partial charge is 0.341 e. The summed E-state index contributed by atoms with van der Waals surface area (Å²) in [4.78, 5) is 16.3. The number of hydrogen-bond donors (Lipinski definition) is 0. The largest absolute Gasteiger partial charge is 0.465 e. The van der Waals surface area contributed by atoms with Crippen molar-refractivity contribution in [3.05, 3.63) is 30.1 Å². The van der Waals surface area contributed by atoms with E-state index in [1.165, 1.54) is 7.11 Å². The van der Waals surface area contributed by atoms with Crippen LogP contribution in [0.5, 0.6) is 0 Å². The minimum absolute atomic E-state index is 0.390. The van der Waals surface area contributed by atoms with Crippen LogP contribution < -0.4 is 0 Å². The molecule has 0 bridgehead atoms. The molecule has 0 aliphatic rings. The summed E-state index contributed by atoms with van der Waals surface area (Å²) < 4.78 is 13.0. The molecular weight excluding hydrogens is 376 g/mol. The normalized spacial score (nSPS) is 12.3. The Kier molecular flexibility index (Phi) is 7.43. The molecule has 0 N–H and O–H groups in total. The highest BCUT2D eigenvalue weighted by atomic mass is 79.9. The van der Waals surface area contributed by atoms with E-state index >= 15 is 0 Å². The van der Waals surface area contributed by atoms with Crippen LogP contribution in [0.3, 0.4) is 0 Å². The van der Waals surface area contributed by atoms with Crippen molar-refractivity contribution >= 4 is 40.3 Å². The van der Waals surface area contributed by atoms with E-state index in [4.69, 9.17) is 9.47 Å². The summed E-state index contributed by atoms with van der Waals surface area (Å²) in [5, 5.41) is 0. The highest BCUT2D eigenvalue weighted by Crippen LogP contribution is 2.28. The molecule has 0 spiro atoms. The number of aromatic nitrogens is 1. The third kappa shape index (κ3) is 6.08. The van der Waals surface area contributed by atoms with Gasteiger partial charge < -0.3 is 14.0 Å². The van der Waals surface area contributed by atoms with Gasteiger partial charge in [0.25, 0.3) is 0 Å². The van der Waals surface area contributed by atoms with Gasteiger partial charge in [0, 0.05) is 26.6 Å². The Morgan fingerprint density at radius 3 is 2.65 bits per heavy atom. The quantitative estimate of drug-likeness (QED) is 0.279. The van der Waals surface area contributed by atoms with Gasteiger partial charge in [-0.15, -0.1) is 0 Å². The van der Waals surface area contributed by atoms with E-state index in [2.05, 4.69) is 47.1 Å². The molecule has 0 amide bonds. The fourth-order valence-corrected chi connectivity index (χ4v) is 2.81. The number of hydrogen-bond acceptors (Lipinski definition) is 4. The first-order chi connectivity index (χ1) is 10.7. The molecular formula is C16H25BrN2O3Si. The Balaban J connectivity index is 2.97. The fourth-order valence-electron chi connectivity index (χ4n) is 1.87. The molecule has 0 radical (unpaired) electrons. The molecule has 128 valence electrons. The molecule has 0 unspecified atom stereocenters. The number of ether oxygens (including phenoxy) is 2. The van der Waals surface area contributed by atoms with Crippen LogP contribution in [0, 0.1) is 6.92 Å². The summed E-state index contributed by atoms with van der Waals surface area (Å²) in [5.74, 6) is -0.419. The monoisotopic (exact) mass is 400 g/mol. The maximum absolute atomic E-state index is 11.9. The highest BCUT2D eigenvalue weighted by molar-refractivity contribution is 9.18. The Hall–Kier alpha value is -1.18. The first-order valence-corrected chi connectivity index (χ1v) is 11.9. The second-order valence-electron chi connectivity index (χ2n) is 6.42. The van der Waals surface area contributed by atoms with Crippen molar-refractivity contribution in [2.24, 2.45) is 4.99 Å². The van der Waals surface area contributed by atoms with E-state index in [1.54, 1.807) is 12.3 Å². The van der Waals surface area contributed by atoms with Gasteiger partial charge in [0.15, 0.2) is 0 Å². The van der Waals surface area contributed by atoms with Gasteiger partial charge in [-0.2, -0.15) is 0 Å². The molecule has 0 fully saturated rings. The number of rotatable bonds is 8. The Morgan fingerprint density at radius 1 is 1.48 bits per heavy atom. The van der Waals surface area contributed by atoms with Crippen molar-refractivity contribution in [1.29, 1.82) is 0 Å². The molecule has 0 saturated carbocycles. The van der Waals surface area contributed by atoms with Crippen LogP contribution >= 0.6 is 15.9 Å². The van der Waals surface area contributed by atoms with Crippen molar-refractivity contribution in [2.45, 2.75) is 39.3 Å². The number of nitrogens with zero attached hydrogens (tertiary/aromatic N) is 2. The highest BCUT2D eigenvalue weighted by Gasteiger charge is 2.19. The van der Waals surface area contributed by atoms with E-state index in [9.17, 15) is 4.79 Å². The lowest BCUT2D eigenvalue weighted by Crippen LogP contribution is -2.22. The lowest BCUT2D eigenvalue weighted by atomic mass is 10.2. The Morgan fingerprint density at radius 2 is 2.13 bits per heavy atom. The minimum Gasteiger partial charge on any atom is -0.465 e. The fraction of sp³-hybridized carbons (Fsp3) is 0.500. The summed E-state index contributed by atoms with van der Waals surface area (Å²) in [7, 11) is 0.244. The predicted octanol–water partition coefficient (Wildman–Crippen LogP) is 4.51. The zero-order valence-electron chi connectivity index (χ0n) is 14.5. The standard InChI is InChI=1S/C16H25BrN2O3Si/c1-7-14(17)18-15-12(2)19(10-13(15)16(20)21-3)11-22-8-9-23(4,5)6/h7,10H,1,8-9,11H2,2-6H3/b18-14+. The number of carbonyl (C=O) groups is 1. The lowest BCUT2D eigenvalue weighted by Gasteiger charge is -2.16. The number of carbonyl (C=O) groups excluding carboxylic acids is 1. The lowest BCUT2D eigenvalue weighted by molar-refractivity contribution is 0.0600. The second kappa shape index (κ2) is 8.61. The molecule has 1 aromatic rings. The topological polar surface area (TPSA) is 52.8 Å². The third-order valence-corrected chi connectivity index (χ3v) is 5.54. The summed E-state index contributed by atoms with van der Waals surface area (Å²) in [6.45, 7) is 13.6. The number of halogens is 1. The average molecular weight is 401 g/mol. The molecule has 0 atom stereocenters. The molecule has 0 aliphatic carbocycles. The number of methoxy groups -OCH3 is 1. The van der Waals surface area contributed by atoms with Crippen LogP contribution in [0.2, 0.25) is 25.7 Å². The first-order valence-electron chi connectivity index (χ1n) is 7.42. The van der Waals surface area contributed by atoms with Crippen molar-refractivity contribution in [2.75, 3.05) is 13.7 Å². The van der Waals surface area contributed by atoms with Crippen LogP contribution in [-0.2, 0) is 16.2 Å². The Labute approximate surface area is 147 Å². The molecule has 7 heteroatoms. The van der Waals surface area contributed by atoms with Crippen LogP contribution in [0.4, 0.5) is 5.69 Å². The molecule has 0 aromatic carbocycles. The molecule has 0 saturated heterocycles. The number of aliphatic imine (C=N–C) groups is 1. The number of esters is 1. The van der Waals surface area contributed by atoms with Gasteiger partial charge in [-0.1, -0.05) is 26.2 Å². The van der Waals surface area contributed by atoms with E-state index in [1.807, 2.05) is 11.5 Å². The summed E-state index contributed by atoms with van der Waals surface area (Å²) in [6, 6.07) is 1.10. The SMILES string of the molecule is C=C/C(Br)=N\c1c(C(=O)OC)cn(COCC[Si](C)(C)C)c1C. The van der Waals surface area contributed by atoms with Crippen molar-refractivity contribution in [3.63, 3.8) is 0 Å². The summed E-state index contributed by atoms with van der Waals surface area (Å²) in [6.07, 6.45) is 3.29. The molecule has 5 nitrogen and oxygen atoms in total. The zero-order valence-corrected chi connectivity index (χ0v) is 17.1. The van der Waals surface area contributed by atoms with Crippen molar-refractivity contribution in [3.8, 4) is 0 Å². The van der Waals surface area contributed by atoms with Gasteiger partial charge in [-0.25, -0.2) is 9.79 Å². The van der Waals surface area contributed by atoms with E-state index in [0.29, 0.717) is 22.6 Å². The maximum Gasteiger partial charge on any atom is 0.341 e. The molecule has 1 rings (SSSR count). The van der Waals surface area contributed by atoms with E-state index in [0.717, 1.165) is 18.3 Å². The third-order valence-electron chi connectivity index (χ3n) is 3.33. The molecule has 1 heterocycles. The average Bonchev–Trinajstić information content (AvgIpc) is 2.79. The van der Waals surface area contributed by atoms with Gasteiger partial charge in [-0.05, 0) is 35.0 Å². The summed E-state index contributed by atoms with van der Waals surface area (Å²) >= 11 is 3.29. The predicted molar refractivity (Wildman–Crippen MR) is 101 cm³/mol. The van der Waals surface area contributed by atoms with Gasteiger partial charge in [0.1, 0.15) is 16.9 Å². The molecule has 0 aliphatic heterocycles. The maximum atomic E-state index is 11.9. The van der Waals surface area contributed by atoms with E-state index in [-0.39, 0.29) is 0 Å². The Bertz CT molecular complexity index is 603. The number of allylic oxidation sites excluding steroid dienone is 1. The second-order valence-corrected chi connectivity index (χ2v) is 12.9. The molecule has 23 heavy (non-hydrogen) atoms. The van der Waals surface area contributed by atoms with Crippen LogP contribution in [0.15, 0.2) is 23.8 Å². The zero-order chi connectivity index (χ0) is 17.6. The van der Waals surface area contributed by atoms with E-state index < -0.39 is 14.0 Å². The van der Waals surface area contributed by atoms with Gasteiger partial charge in [0.05, 0.1) is 12.8 Å². The minimum atomic E-state index is -1.11. The van der Waals surface area contributed by atoms with Gasteiger partial charge >= 0.3 is 5.97 Å². The summed E-state index contributed by atoms with van der Waals surface area (Å²) in [5.41, 5.74) is 1.83. The van der Waals surface area contributed by atoms with Crippen LogP contribution in [0.25, 0.3) is 0 Å². The van der Waals surface area contributed by atoms with Crippen LogP contribution in [0.1, 0.15) is 16.1 Å². The molecule has 1 aromatic heterocycles. The van der Waals surface area contributed by atoms with Crippen LogP contribution in [-0.4, -0.2) is 36.9 Å². The first kappa shape index (κ1) is 19.9.